The molecule has 2 atom stereocenters. The number of aliphatic hydroxyl groups excluding tert-OH is 1. The first-order chi connectivity index (χ1) is 16.7. The van der Waals surface area contributed by atoms with E-state index in [1.807, 2.05) is 62.3 Å². The van der Waals surface area contributed by atoms with Crippen LogP contribution < -0.4 is 9.64 Å². The van der Waals surface area contributed by atoms with Gasteiger partial charge in [0.05, 0.1) is 11.6 Å². The predicted molar refractivity (Wildman–Crippen MR) is 138 cm³/mol. The zero-order valence-corrected chi connectivity index (χ0v) is 21.2. The van der Waals surface area contributed by atoms with Crippen LogP contribution >= 0.6 is 0 Å². The van der Waals surface area contributed by atoms with Gasteiger partial charge in [0.25, 0.3) is 11.7 Å². The number of aliphatic hydroxyl groups is 1. The third-order valence-corrected chi connectivity index (χ3v) is 6.99. The number of amides is 1. The monoisotopic (exact) mass is 477 g/mol. The lowest BCUT2D eigenvalue weighted by atomic mass is 9.94. The third-order valence-electron chi connectivity index (χ3n) is 6.99. The number of likely N-dealkylation sites (tertiary alicyclic amines) is 1. The van der Waals surface area contributed by atoms with Crippen molar-refractivity contribution in [2.45, 2.75) is 39.3 Å². The van der Waals surface area contributed by atoms with Crippen LogP contribution in [-0.4, -0.2) is 73.0 Å². The van der Waals surface area contributed by atoms with Crippen LogP contribution in [0.15, 0.2) is 48.0 Å². The molecule has 4 rings (SSSR count). The second-order valence-corrected chi connectivity index (χ2v) is 9.46. The normalized spacial score (nSPS) is 20.9. The Morgan fingerprint density at radius 2 is 1.77 bits per heavy atom. The molecule has 2 unspecified atom stereocenters. The van der Waals surface area contributed by atoms with Crippen molar-refractivity contribution in [1.82, 2.24) is 9.80 Å². The zero-order valence-electron chi connectivity index (χ0n) is 21.2. The Bertz CT molecular complexity index is 1140. The van der Waals surface area contributed by atoms with Gasteiger partial charge in [-0.2, -0.15) is 0 Å². The van der Waals surface area contributed by atoms with Gasteiger partial charge in [-0.25, -0.2) is 0 Å². The zero-order chi connectivity index (χ0) is 25.3. The fourth-order valence-electron chi connectivity index (χ4n) is 4.93. The van der Waals surface area contributed by atoms with Crippen LogP contribution in [0.5, 0.6) is 5.75 Å². The van der Waals surface area contributed by atoms with Crippen LogP contribution in [0, 0.1) is 0 Å². The standard InChI is InChI=1S/C28H35N3O4/c1-6-30(7-2)14-15-31-25(19-8-11-22(12-9-19)29(4)5)24(27(33)28(31)34)26(32)20-10-13-23-21(17-20)16-18(3)35-23/h8-13,17-18,25,32H,6-7,14-16H2,1-5H3/b26-24-. The molecule has 1 N–H and O–H groups in total. The molecule has 35 heavy (non-hydrogen) atoms. The van der Waals surface area contributed by atoms with E-state index in [4.69, 9.17) is 4.74 Å². The first-order valence-corrected chi connectivity index (χ1v) is 12.3. The van der Waals surface area contributed by atoms with Gasteiger partial charge in [0, 0.05) is 44.9 Å². The van der Waals surface area contributed by atoms with Crippen molar-refractivity contribution >= 4 is 23.1 Å². The second kappa shape index (κ2) is 10.1. The molecular weight excluding hydrogens is 442 g/mol. The summed E-state index contributed by atoms with van der Waals surface area (Å²) in [7, 11) is 3.92. The Morgan fingerprint density at radius 1 is 1.09 bits per heavy atom. The van der Waals surface area contributed by atoms with E-state index < -0.39 is 17.7 Å². The Morgan fingerprint density at radius 3 is 2.40 bits per heavy atom. The molecule has 2 aromatic rings. The lowest BCUT2D eigenvalue weighted by molar-refractivity contribution is -0.140. The Labute approximate surface area is 207 Å². The maximum atomic E-state index is 13.3. The highest BCUT2D eigenvalue weighted by atomic mass is 16.5. The highest BCUT2D eigenvalue weighted by molar-refractivity contribution is 6.46. The van der Waals surface area contributed by atoms with Crippen LogP contribution in [-0.2, 0) is 16.0 Å². The minimum atomic E-state index is -0.648. The van der Waals surface area contributed by atoms with Gasteiger partial charge in [-0.05, 0) is 61.5 Å². The van der Waals surface area contributed by atoms with Gasteiger partial charge in [0.2, 0.25) is 0 Å². The summed E-state index contributed by atoms with van der Waals surface area (Å²) in [5.41, 5.74) is 3.47. The van der Waals surface area contributed by atoms with Gasteiger partial charge in [-0.15, -0.1) is 0 Å². The first-order valence-electron chi connectivity index (χ1n) is 12.3. The van der Waals surface area contributed by atoms with E-state index >= 15 is 0 Å². The first kappa shape index (κ1) is 24.8. The summed E-state index contributed by atoms with van der Waals surface area (Å²) in [5, 5.41) is 11.4. The number of carbonyl (C=O) groups excluding carboxylic acids is 2. The molecule has 0 saturated carbocycles. The average molecular weight is 478 g/mol. The van der Waals surface area contributed by atoms with E-state index in [-0.39, 0.29) is 17.4 Å². The number of ketones is 1. The summed E-state index contributed by atoms with van der Waals surface area (Å²) in [4.78, 5) is 32.3. The van der Waals surface area contributed by atoms with Crippen molar-refractivity contribution in [2.75, 3.05) is 45.2 Å². The molecule has 0 radical (unpaired) electrons. The Hall–Kier alpha value is -3.32. The van der Waals surface area contributed by atoms with Gasteiger partial charge in [-0.3, -0.25) is 9.59 Å². The van der Waals surface area contributed by atoms with Gasteiger partial charge in [0.1, 0.15) is 17.6 Å². The molecule has 0 spiro atoms. The van der Waals surface area contributed by atoms with Crippen LogP contribution in [0.2, 0.25) is 0 Å². The molecule has 2 aliphatic heterocycles. The molecule has 1 amide bonds. The highest BCUT2D eigenvalue weighted by Crippen LogP contribution is 2.40. The van der Waals surface area contributed by atoms with E-state index in [0.717, 1.165) is 42.1 Å². The number of ether oxygens (including phenoxy) is 1. The van der Waals surface area contributed by atoms with E-state index in [2.05, 4.69) is 18.7 Å². The van der Waals surface area contributed by atoms with Crippen LogP contribution in [0.3, 0.4) is 0 Å². The number of hydrogen-bond acceptors (Lipinski definition) is 6. The minimum Gasteiger partial charge on any atom is -0.507 e. The predicted octanol–water partition coefficient (Wildman–Crippen LogP) is 3.84. The van der Waals surface area contributed by atoms with Crippen molar-refractivity contribution in [2.24, 2.45) is 0 Å². The Balaban J connectivity index is 1.78. The van der Waals surface area contributed by atoms with E-state index in [0.29, 0.717) is 18.7 Å². The lowest BCUT2D eigenvalue weighted by Crippen LogP contribution is -2.38. The molecule has 2 aliphatic rings. The number of Topliss-reactive ketones (excluding diaryl/α,β-unsaturated/α-hetero) is 1. The molecule has 2 aromatic carbocycles. The minimum absolute atomic E-state index is 0.0725. The molecule has 0 bridgehead atoms. The van der Waals surface area contributed by atoms with Crippen LogP contribution in [0.25, 0.3) is 5.76 Å². The second-order valence-electron chi connectivity index (χ2n) is 9.46. The molecule has 7 heteroatoms. The van der Waals surface area contributed by atoms with Gasteiger partial charge >= 0.3 is 0 Å². The van der Waals surface area contributed by atoms with E-state index in [9.17, 15) is 14.7 Å². The fourth-order valence-corrected chi connectivity index (χ4v) is 4.93. The summed E-state index contributed by atoms with van der Waals surface area (Å²) >= 11 is 0. The maximum absolute atomic E-state index is 13.3. The molecule has 0 aromatic heterocycles. The summed E-state index contributed by atoms with van der Waals surface area (Å²) in [6, 6.07) is 12.6. The molecule has 7 nitrogen and oxygen atoms in total. The van der Waals surface area contributed by atoms with Crippen LogP contribution in [0.4, 0.5) is 5.69 Å². The van der Waals surface area contributed by atoms with Gasteiger partial charge in [-0.1, -0.05) is 26.0 Å². The SMILES string of the molecule is CCN(CC)CCN1C(=O)C(=O)/C(=C(\O)c2ccc3c(c2)CC(C)O3)C1c1ccc(N(C)C)cc1. The van der Waals surface area contributed by atoms with Gasteiger partial charge < -0.3 is 24.5 Å². The molecule has 1 fully saturated rings. The Kier molecular flexibility index (Phi) is 7.17. The van der Waals surface area contributed by atoms with Crippen molar-refractivity contribution < 1.29 is 19.4 Å². The summed E-state index contributed by atoms with van der Waals surface area (Å²) in [6.07, 6.45) is 0.813. The van der Waals surface area contributed by atoms with Crippen molar-refractivity contribution in [3.05, 3.63) is 64.7 Å². The quantitative estimate of drug-likeness (QED) is 0.354. The number of benzene rings is 2. The maximum Gasteiger partial charge on any atom is 0.295 e. The van der Waals surface area contributed by atoms with Gasteiger partial charge in [0.15, 0.2) is 0 Å². The topological polar surface area (TPSA) is 73.3 Å². The molecule has 1 saturated heterocycles. The number of likely N-dealkylation sites (N-methyl/N-ethyl adjacent to an activating group) is 1. The van der Waals surface area contributed by atoms with Crippen molar-refractivity contribution in [3.8, 4) is 5.75 Å². The highest BCUT2D eigenvalue weighted by Gasteiger charge is 2.46. The molecule has 2 heterocycles. The average Bonchev–Trinajstić information content (AvgIpc) is 3.35. The largest absolute Gasteiger partial charge is 0.507 e. The van der Waals surface area contributed by atoms with Crippen molar-refractivity contribution in [3.63, 3.8) is 0 Å². The molecular formula is C28H35N3O4. The van der Waals surface area contributed by atoms with E-state index in [1.165, 1.54) is 0 Å². The van der Waals surface area contributed by atoms with Crippen LogP contribution in [0.1, 0.15) is 43.5 Å². The number of nitrogens with zero attached hydrogens (tertiary/aromatic N) is 3. The number of anilines is 1. The number of fused-ring (bicyclic) bond motifs is 1. The summed E-state index contributed by atoms with van der Waals surface area (Å²) in [5.74, 6) is -0.561. The number of hydrogen-bond donors (Lipinski definition) is 1. The fraction of sp³-hybridized carbons (Fsp3) is 0.429. The van der Waals surface area contributed by atoms with E-state index in [1.54, 1.807) is 11.0 Å². The molecule has 0 aliphatic carbocycles. The van der Waals surface area contributed by atoms with Crippen molar-refractivity contribution in [1.29, 1.82) is 0 Å². The summed E-state index contributed by atoms with van der Waals surface area (Å²) < 4.78 is 5.78. The smallest absolute Gasteiger partial charge is 0.295 e. The lowest BCUT2D eigenvalue weighted by Gasteiger charge is -2.28. The number of carbonyl (C=O) groups is 2. The number of rotatable bonds is 8. The summed E-state index contributed by atoms with van der Waals surface area (Å²) in [6.45, 7) is 8.93. The molecule has 186 valence electrons. The third kappa shape index (κ3) is 4.78.